The van der Waals surface area contributed by atoms with Gasteiger partial charge in [-0.2, -0.15) is 0 Å². The number of piperazine rings is 1. The lowest BCUT2D eigenvalue weighted by atomic mass is 10.1. The lowest BCUT2D eigenvalue weighted by molar-refractivity contribution is -0.115. The van der Waals surface area contributed by atoms with Crippen LogP contribution >= 0.6 is 0 Å². The molecule has 0 atom stereocenters. The molecule has 1 N–H and O–H groups in total. The molecular weight excluding hydrogens is 404 g/mol. The molecule has 1 saturated heterocycles. The molecule has 8 heteroatoms. The van der Waals surface area contributed by atoms with Crippen LogP contribution in [0.2, 0.25) is 0 Å². The summed E-state index contributed by atoms with van der Waals surface area (Å²) in [5.74, 6) is 0.495. The molecule has 0 radical (unpaired) electrons. The summed E-state index contributed by atoms with van der Waals surface area (Å²) >= 11 is 0. The number of imidazole rings is 1. The molecule has 32 heavy (non-hydrogen) atoms. The van der Waals surface area contributed by atoms with Gasteiger partial charge >= 0.3 is 0 Å². The van der Waals surface area contributed by atoms with Crippen molar-refractivity contribution in [1.29, 1.82) is 0 Å². The van der Waals surface area contributed by atoms with E-state index in [1.807, 2.05) is 4.90 Å². The molecule has 1 aliphatic rings. The van der Waals surface area contributed by atoms with Gasteiger partial charge in [-0.05, 0) is 43.2 Å². The lowest BCUT2D eigenvalue weighted by Crippen LogP contribution is -2.49. The van der Waals surface area contributed by atoms with Crippen molar-refractivity contribution in [2.24, 2.45) is 0 Å². The van der Waals surface area contributed by atoms with Gasteiger partial charge in [0.25, 0.3) is 5.91 Å². The van der Waals surface area contributed by atoms with Crippen LogP contribution in [0.5, 0.6) is 0 Å². The molecule has 2 amide bonds. The molecule has 3 heterocycles. The van der Waals surface area contributed by atoms with Crippen LogP contribution in [-0.4, -0.2) is 57.4 Å². The molecule has 0 saturated carbocycles. The third-order valence-corrected chi connectivity index (χ3v) is 5.69. The van der Waals surface area contributed by atoms with Crippen molar-refractivity contribution in [3.05, 3.63) is 65.9 Å². The molecular formula is C24H28N6O2. The highest BCUT2D eigenvalue weighted by Gasteiger charge is 2.24. The van der Waals surface area contributed by atoms with Gasteiger partial charge in [0.1, 0.15) is 17.8 Å². The number of hydrogen-bond acceptors (Lipinski definition) is 5. The van der Waals surface area contributed by atoms with E-state index in [0.29, 0.717) is 36.7 Å². The van der Waals surface area contributed by atoms with Crippen molar-refractivity contribution in [1.82, 2.24) is 19.4 Å². The van der Waals surface area contributed by atoms with Crippen LogP contribution in [0.1, 0.15) is 35.0 Å². The van der Waals surface area contributed by atoms with E-state index in [-0.39, 0.29) is 11.8 Å². The molecule has 2 aromatic heterocycles. The van der Waals surface area contributed by atoms with Gasteiger partial charge in [0.05, 0.1) is 11.9 Å². The summed E-state index contributed by atoms with van der Waals surface area (Å²) in [4.78, 5) is 37.3. The average molecular weight is 433 g/mol. The Kier molecular flexibility index (Phi) is 6.20. The van der Waals surface area contributed by atoms with Gasteiger partial charge in [0, 0.05) is 44.5 Å². The molecule has 8 nitrogen and oxygen atoms in total. The Labute approximate surface area is 187 Å². The van der Waals surface area contributed by atoms with Crippen LogP contribution in [-0.2, 0) is 4.79 Å². The van der Waals surface area contributed by atoms with Crippen LogP contribution in [0.25, 0.3) is 5.82 Å². The first-order valence-electron chi connectivity index (χ1n) is 10.9. The van der Waals surface area contributed by atoms with Crippen molar-refractivity contribution >= 4 is 23.2 Å². The minimum atomic E-state index is -0.0730. The zero-order valence-corrected chi connectivity index (χ0v) is 18.7. The summed E-state index contributed by atoms with van der Waals surface area (Å²) in [5.41, 5.74) is 4.77. The molecule has 1 aliphatic heterocycles. The summed E-state index contributed by atoms with van der Waals surface area (Å²) in [6, 6.07) is 10.0. The van der Waals surface area contributed by atoms with Gasteiger partial charge in [-0.3, -0.25) is 14.2 Å². The van der Waals surface area contributed by atoms with Crippen LogP contribution in [0.3, 0.4) is 0 Å². The van der Waals surface area contributed by atoms with Gasteiger partial charge in [-0.15, -0.1) is 0 Å². The van der Waals surface area contributed by atoms with Crippen molar-refractivity contribution in [3.63, 3.8) is 0 Å². The normalized spacial score (nSPS) is 13.8. The van der Waals surface area contributed by atoms with Crippen molar-refractivity contribution in [2.45, 2.75) is 27.2 Å². The summed E-state index contributed by atoms with van der Waals surface area (Å²) < 4.78 is 1.71. The highest BCUT2D eigenvalue weighted by atomic mass is 16.2. The molecule has 0 unspecified atom stereocenters. The number of nitrogens with zero attached hydrogens (tertiary/aromatic N) is 5. The van der Waals surface area contributed by atoms with E-state index in [1.165, 1.54) is 16.8 Å². The highest BCUT2D eigenvalue weighted by Crippen LogP contribution is 2.23. The Morgan fingerprint density at radius 2 is 1.81 bits per heavy atom. The zero-order chi connectivity index (χ0) is 22.7. The molecule has 0 bridgehead atoms. The second-order valence-corrected chi connectivity index (χ2v) is 8.04. The number of aromatic nitrogens is 3. The lowest BCUT2D eigenvalue weighted by Gasteiger charge is -2.36. The number of rotatable bonds is 5. The first kappa shape index (κ1) is 21.5. The monoisotopic (exact) mass is 432 g/mol. The number of nitrogens with one attached hydrogen (secondary N) is 1. The van der Waals surface area contributed by atoms with Crippen molar-refractivity contribution < 1.29 is 9.59 Å². The Morgan fingerprint density at radius 1 is 1.03 bits per heavy atom. The van der Waals surface area contributed by atoms with Crippen LogP contribution in [0, 0.1) is 13.8 Å². The van der Waals surface area contributed by atoms with Gasteiger partial charge in [-0.25, -0.2) is 9.97 Å². The quantitative estimate of drug-likeness (QED) is 0.669. The van der Waals surface area contributed by atoms with E-state index in [2.05, 4.69) is 52.2 Å². The summed E-state index contributed by atoms with van der Waals surface area (Å²) in [7, 11) is 0. The van der Waals surface area contributed by atoms with Crippen LogP contribution in [0.15, 0.2) is 49.1 Å². The second-order valence-electron chi connectivity index (χ2n) is 8.04. The molecule has 0 aliphatic carbocycles. The molecule has 3 aromatic rings. The van der Waals surface area contributed by atoms with E-state index >= 15 is 0 Å². The number of amides is 2. The van der Waals surface area contributed by atoms with Crippen LogP contribution in [0.4, 0.5) is 11.4 Å². The number of carbonyl (C=O) groups excluding carboxylic acids is 2. The number of carbonyl (C=O) groups is 2. The zero-order valence-electron chi connectivity index (χ0n) is 18.7. The number of pyridine rings is 1. The predicted octanol–water partition coefficient (Wildman–Crippen LogP) is 3.20. The molecule has 4 rings (SSSR count). The van der Waals surface area contributed by atoms with Gasteiger partial charge < -0.3 is 15.1 Å². The minimum absolute atomic E-state index is 0.0623. The van der Waals surface area contributed by atoms with E-state index in [1.54, 1.807) is 42.3 Å². The molecule has 166 valence electrons. The maximum Gasteiger partial charge on any atom is 0.274 e. The van der Waals surface area contributed by atoms with Gasteiger partial charge in [-0.1, -0.05) is 19.1 Å². The van der Waals surface area contributed by atoms with E-state index in [9.17, 15) is 9.59 Å². The summed E-state index contributed by atoms with van der Waals surface area (Å²) in [6.45, 7) is 8.92. The summed E-state index contributed by atoms with van der Waals surface area (Å²) in [5, 5.41) is 2.77. The Morgan fingerprint density at radius 3 is 2.50 bits per heavy atom. The number of hydrogen-bond donors (Lipinski definition) is 1. The fraction of sp³-hybridized carbons (Fsp3) is 0.333. The molecule has 0 spiro atoms. The number of aryl methyl sites for hydroxylation is 2. The Balaban J connectivity index is 1.39. The second kappa shape index (κ2) is 9.21. The summed E-state index contributed by atoms with van der Waals surface area (Å²) in [6.07, 6.45) is 5.29. The predicted molar refractivity (Wildman–Crippen MR) is 124 cm³/mol. The number of anilines is 2. The third kappa shape index (κ3) is 4.64. The third-order valence-electron chi connectivity index (χ3n) is 5.69. The molecule has 1 fully saturated rings. The van der Waals surface area contributed by atoms with Gasteiger partial charge in [0.15, 0.2) is 0 Å². The SMILES string of the molecule is CCC(=O)Nc1ccc(-n2cnc(C(=O)N3CCN(c4cc(C)ccc4C)CC3)c2)nc1. The maximum absolute atomic E-state index is 13.0. The van der Waals surface area contributed by atoms with E-state index in [4.69, 9.17) is 0 Å². The Bertz CT molecular complexity index is 1110. The average Bonchev–Trinajstić information content (AvgIpc) is 3.31. The van der Waals surface area contributed by atoms with Crippen molar-refractivity contribution in [2.75, 3.05) is 36.4 Å². The fourth-order valence-corrected chi connectivity index (χ4v) is 3.79. The standard InChI is InChI=1S/C24H28N6O2/c1-4-23(31)27-19-7-8-22(25-14-19)30-15-20(26-16-30)24(32)29-11-9-28(10-12-29)21-13-17(2)5-6-18(21)3/h5-8,13-16H,4,9-12H2,1-3H3,(H,27,31). The maximum atomic E-state index is 13.0. The van der Waals surface area contributed by atoms with E-state index < -0.39 is 0 Å². The van der Waals surface area contributed by atoms with Crippen LogP contribution < -0.4 is 10.2 Å². The molecule has 1 aromatic carbocycles. The van der Waals surface area contributed by atoms with E-state index in [0.717, 1.165) is 13.1 Å². The first-order valence-corrected chi connectivity index (χ1v) is 10.9. The van der Waals surface area contributed by atoms with Crippen molar-refractivity contribution in [3.8, 4) is 5.82 Å². The first-order chi connectivity index (χ1) is 15.4. The Hall–Kier alpha value is -3.68. The number of benzene rings is 1. The smallest absolute Gasteiger partial charge is 0.274 e. The minimum Gasteiger partial charge on any atom is -0.368 e. The highest BCUT2D eigenvalue weighted by molar-refractivity contribution is 5.92. The topological polar surface area (TPSA) is 83.4 Å². The fourth-order valence-electron chi connectivity index (χ4n) is 3.79. The largest absolute Gasteiger partial charge is 0.368 e. The van der Waals surface area contributed by atoms with Gasteiger partial charge in [0.2, 0.25) is 5.91 Å².